The lowest BCUT2D eigenvalue weighted by Crippen LogP contribution is -2.50. The maximum Gasteiger partial charge on any atom is 0.416 e. The molecule has 1 N–H and O–H groups in total. The minimum Gasteiger partial charge on any atom is -0.366 e. The third-order valence-corrected chi connectivity index (χ3v) is 3.99. The van der Waals surface area contributed by atoms with E-state index in [-0.39, 0.29) is 18.3 Å². The van der Waals surface area contributed by atoms with Crippen LogP contribution in [-0.4, -0.2) is 43.2 Å². The first-order valence-electron chi connectivity index (χ1n) is 7.64. The molecule has 0 radical (unpaired) electrons. The van der Waals surface area contributed by atoms with Crippen LogP contribution in [0.3, 0.4) is 0 Å². The molecule has 1 aromatic rings. The first-order valence-corrected chi connectivity index (χ1v) is 7.64. The molecule has 4 nitrogen and oxygen atoms in total. The molecule has 2 unspecified atom stereocenters. The first-order chi connectivity index (χ1) is 10.8. The molecule has 1 aliphatic heterocycles. The normalized spacial score (nSPS) is 19.3. The second kappa shape index (κ2) is 8.69. The van der Waals surface area contributed by atoms with Gasteiger partial charge in [-0.15, -0.1) is 12.4 Å². The number of carbonyl (C=O) groups excluding carboxylic acids is 1. The van der Waals surface area contributed by atoms with Crippen molar-refractivity contribution in [3.63, 3.8) is 0 Å². The Morgan fingerprint density at radius 2 is 2.17 bits per heavy atom. The van der Waals surface area contributed by atoms with Gasteiger partial charge in [-0.3, -0.25) is 4.79 Å². The summed E-state index contributed by atoms with van der Waals surface area (Å²) in [6.45, 7) is 5.50. The van der Waals surface area contributed by atoms with Crippen molar-refractivity contribution < 1.29 is 22.7 Å². The molecule has 8 heteroatoms. The smallest absolute Gasteiger partial charge is 0.366 e. The third kappa shape index (κ3) is 4.84. The molecule has 1 heterocycles. The lowest BCUT2D eigenvalue weighted by atomic mass is 10.0. The van der Waals surface area contributed by atoms with E-state index in [2.05, 4.69) is 5.32 Å². The Morgan fingerprint density at radius 3 is 2.71 bits per heavy atom. The van der Waals surface area contributed by atoms with Crippen molar-refractivity contribution in [1.29, 1.82) is 0 Å². The van der Waals surface area contributed by atoms with E-state index in [1.807, 2.05) is 0 Å². The van der Waals surface area contributed by atoms with Crippen LogP contribution < -0.4 is 5.32 Å². The molecule has 136 valence electrons. The number of rotatable bonds is 4. The Bertz CT molecular complexity index is 548. The van der Waals surface area contributed by atoms with Crippen molar-refractivity contribution in [2.45, 2.75) is 32.2 Å². The average Bonchev–Trinajstić information content (AvgIpc) is 2.55. The van der Waals surface area contributed by atoms with Gasteiger partial charge in [-0.05, 0) is 31.5 Å². The van der Waals surface area contributed by atoms with Gasteiger partial charge in [-0.25, -0.2) is 0 Å². The number of carbonyl (C=O) groups is 1. The zero-order valence-electron chi connectivity index (χ0n) is 13.6. The molecule has 1 aliphatic rings. The lowest BCUT2D eigenvalue weighted by molar-refractivity contribution is -0.147. The molecule has 24 heavy (non-hydrogen) atoms. The zero-order chi connectivity index (χ0) is 17.0. The first kappa shape index (κ1) is 20.7. The number of alkyl halides is 3. The summed E-state index contributed by atoms with van der Waals surface area (Å²) < 4.78 is 44.0. The summed E-state index contributed by atoms with van der Waals surface area (Å²) in [6, 6.07) is 4.64. The molecule has 1 saturated heterocycles. The summed E-state index contributed by atoms with van der Waals surface area (Å²) in [4.78, 5) is 14.1. The predicted octanol–water partition coefficient (Wildman–Crippen LogP) is 3.03. The van der Waals surface area contributed by atoms with Crippen LogP contribution in [0.2, 0.25) is 0 Å². The topological polar surface area (TPSA) is 41.6 Å². The number of ether oxygens (including phenoxy) is 1. The summed E-state index contributed by atoms with van der Waals surface area (Å²) in [5.74, 6) is -0.204. The van der Waals surface area contributed by atoms with Gasteiger partial charge in [0.2, 0.25) is 0 Å². The highest BCUT2D eigenvalue weighted by molar-refractivity contribution is 5.85. The number of nitrogens with zero attached hydrogens (tertiary/aromatic N) is 1. The van der Waals surface area contributed by atoms with E-state index in [1.165, 1.54) is 6.07 Å². The number of benzene rings is 1. The van der Waals surface area contributed by atoms with Gasteiger partial charge >= 0.3 is 6.18 Å². The third-order valence-electron chi connectivity index (χ3n) is 3.99. The second-order valence-electron chi connectivity index (χ2n) is 5.49. The minimum atomic E-state index is -4.40. The minimum absolute atomic E-state index is 0. The fraction of sp³-hybridized carbons (Fsp3) is 0.562. The molecule has 1 amide bonds. The number of morpholine rings is 1. The highest BCUT2D eigenvalue weighted by Crippen LogP contribution is 2.32. The summed E-state index contributed by atoms with van der Waals surface area (Å²) in [5, 5.41) is 3.08. The molecular weight excluding hydrogens is 345 g/mol. The number of hydrogen-bond donors (Lipinski definition) is 1. The van der Waals surface area contributed by atoms with Crippen LogP contribution in [0.5, 0.6) is 0 Å². The average molecular weight is 367 g/mol. The van der Waals surface area contributed by atoms with E-state index in [0.717, 1.165) is 12.1 Å². The number of likely N-dealkylation sites (N-methyl/N-ethyl adjacent to an activating group) is 1. The van der Waals surface area contributed by atoms with Crippen molar-refractivity contribution in [3.05, 3.63) is 35.4 Å². The van der Waals surface area contributed by atoms with Gasteiger partial charge < -0.3 is 15.0 Å². The molecule has 0 saturated carbocycles. The van der Waals surface area contributed by atoms with Gasteiger partial charge in [0.15, 0.2) is 0 Å². The molecule has 2 rings (SSSR count). The van der Waals surface area contributed by atoms with E-state index in [4.69, 9.17) is 4.74 Å². The van der Waals surface area contributed by atoms with Crippen molar-refractivity contribution in [1.82, 2.24) is 10.2 Å². The van der Waals surface area contributed by atoms with Gasteiger partial charge in [0, 0.05) is 19.6 Å². The van der Waals surface area contributed by atoms with Crippen LogP contribution in [0.4, 0.5) is 13.2 Å². The van der Waals surface area contributed by atoms with Crippen LogP contribution in [0.15, 0.2) is 24.3 Å². The number of halogens is 4. The molecule has 0 spiro atoms. The van der Waals surface area contributed by atoms with E-state index >= 15 is 0 Å². The van der Waals surface area contributed by atoms with Crippen LogP contribution in [-0.2, 0) is 15.7 Å². The van der Waals surface area contributed by atoms with Gasteiger partial charge in [0.1, 0.15) is 6.10 Å². The van der Waals surface area contributed by atoms with E-state index < -0.39 is 23.9 Å². The fourth-order valence-electron chi connectivity index (χ4n) is 2.68. The van der Waals surface area contributed by atoms with E-state index in [9.17, 15) is 18.0 Å². The van der Waals surface area contributed by atoms with E-state index in [1.54, 1.807) is 24.8 Å². The van der Waals surface area contributed by atoms with Crippen LogP contribution in [0.25, 0.3) is 0 Å². The molecular formula is C16H22ClF3N2O2. The van der Waals surface area contributed by atoms with Crippen molar-refractivity contribution in [2.24, 2.45) is 0 Å². The van der Waals surface area contributed by atoms with Crippen molar-refractivity contribution in [3.8, 4) is 0 Å². The van der Waals surface area contributed by atoms with Crippen LogP contribution >= 0.6 is 12.4 Å². The van der Waals surface area contributed by atoms with Gasteiger partial charge in [0.05, 0.1) is 18.2 Å². The number of amides is 1. The monoisotopic (exact) mass is 366 g/mol. The summed E-state index contributed by atoms with van der Waals surface area (Å²) >= 11 is 0. The van der Waals surface area contributed by atoms with Crippen LogP contribution in [0, 0.1) is 0 Å². The Balaban J connectivity index is 0.00000288. The summed E-state index contributed by atoms with van der Waals surface area (Å²) in [7, 11) is 0. The molecule has 0 aliphatic carbocycles. The zero-order valence-corrected chi connectivity index (χ0v) is 14.4. The fourth-order valence-corrected chi connectivity index (χ4v) is 2.68. The predicted molar refractivity (Wildman–Crippen MR) is 87.1 cm³/mol. The molecule has 2 atom stereocenters. The second-order valence-corrected chi connectivity index (χ2v) is 5.49. The Hall–Kier alpha value is -1.31. The Kier molecular flexibility index (Phi) is 7.51. The van der Waals surface area contributed by atoms with Crippen LogP contribution in [0.1, 0.15) is 31.0 Å². The highest BCUT2D eigenvalue weighted by Gasteiger charge is 2.33. The highest BCUT2D eigenvalue weighted by atomic mass is 35.5. The molecule has 0 aromatic heterocycles. The van der Waals surface area contributed by atoms with Crippen molar-refractivity contribution in [2.75, 3.05) is 26.2 Å². The van der Waals surface area contributed by atoms with Gasteiger partial charge in [-0.1, -0.05) is 12.1 Å². The van der Waals surface area contributed by atoms with E-state index in [0.29, 0.717) is 31.8 Å². The SMILES string of the molecule is CCN(C(=O)C1CNCCO1)C(C)c1cccc(C(F)(F)F)c1.Cl. The van der Waals surface area contributed by atoms with Gasteiger partial charge in [-0.2, -0.15) is 13.2 Å². The maximum atomic E-state index is 12.9. The largest absolute Gasteiger partial charge is 0.416 e. The quantitative estimate of drug-likeness (QED) is 0.890. The van der Waals surface area contributed by atoms with Gasteiger partial charge in [0.25, 0.3) is 5.91 Å². The maximum absolute atomic E-state index is 12.9. The summed E-state index contributed by atoms with van der Waals surface area (Å²) in [6.07, 6.45) is -4.98. The lowest BCUT2D eigenvalue weighted by Gasteiger charge is -2.33. The number of nitrogens with one attached hydrogen (secondary N) is 1. The standard InChI is InChI=1S/C16H21F3N2O2.ClH/c1-3-21(15(22)14-10-20-7-8-23-14)11(2)12-5-4-6-13(9-12)16(17,18)19;/h4-6,9,11,14,20H,3,7-8,10H2,1-2H3;1H. The molecule has 1 aromatic carbocycles. The summed E-state index contributed by atoms with van der Waals surface area (Å²) in [5.41, 5.74) is -0.250. The number of hydrogen-bond acceptors (Lipinski definition) is 3. The Morgan fingerprint density at radius 1 is 1.46 bits per heavy atom. The Labute approximate surface area is 145 Å². The molecule has 1 fully saturated rings. The van der Waals surface area contributed by atoms with Crippen molar-refractivity contribution >= 4 is 18.3 Å². The molecule has 0 bridgehead atoms.